The number of hydrogen-bond donors (Lipinski definition) is 3. The average Bonchev–Trinajstić information content (AvgIpc) is 2.84. The van der Waals surface area contributed by atoms with Crippen molar-refractivity contribution in [2.24, 2.45) is 0 Å². The van der Waals surface area contributed by atoms with Crippen molar-refractivity contribution in [3.8, 4) is 5.75 Å². The molecule has 0 bridgehead atoms. The number of carboxylic acids is 1. The molecule has 0 saturated heterocycles. The molecule has 0 radical (unpaired) electrons. The highest BCUT2D eigenvalue weighted by Crippen LogP contribution is 2.27. The molecule has 3 aromatic rings. The lowest BCUT2D eigenvalue weighted by atomic mass is 10.2. The molecule has 0 aliphatic rings. The Morgan fingerprint density at radius 2 is 1.69 bits per heavy atom. The number of carbonyl (C=O) groups excluding carboxylic acids is 2. The molecule has 0 saturated carbocycles. The molecule has 182 valence electrons. The Morgan fingerprint density at radius 1 is 0.971 bits per heavy atom. The van der Waals surface area contributed by atoms with E-state index >= 15 is 0 Å². The van der Waals surface area contributed by atoms with Gasteiger partial charge < -0.3 is 19.9 Å². The first kappa shape index (κ1) is 25.6. The van der Waals surface area contributed by atoms with Crippen LogP contribution in [0, 0.1) is 5.82 Å². The topological polar surface area (TPSA) is 114 Å². The summed E-state index contributed by atoms with van der Waals surface area (Å²) in [4.78, 5) is 36.5. The highest BCUT2D eigenvalue weighted by molar-refractivity contribution is 8.00. The summed E-state index contributed by atoms with van der Waals surface area (Å²) in [5.74, 6) is -1.20. The molecule has 0 fully saturated rings. The Hall–Kier alpha value is -4.05. The number of anilines is 2. The number of aliphatic carboxylic acids is 1. The molecule has 3 rings (SSSR count). The van der Waals surface area contributed by atoms with Gasteiger partial charge in [0, 0.05) is 28.3 Å². The van der Waals surface area contributed by atoms with Gasteiger partial charge in [-0.15, -0.1) is 11.8 Å². The number of carbonyl (C=O) groups is 3. The van der Waals surface area contributed by atoms with Gasteiger partial charge in [-0.05, 0) is 66.7 Å². The lowest BCUT2D eigenvalue weighted by Crippen LogP contribution is -2.21. The minimum atomic E-state index is -1.05. The summed E-state index contributed by atoms with van der Waals surface area (Å²) in [6, 6.07) is 18.7. The van der Waals surface area contributed by atoms with E-state index in [9.17, 15) is 23.9 Å². The number of ether oxygens (including phenoxy) is 2. The smallest absolute Gasteiger partial charge is 0.411 e. The number of rotatable bonds is 10. The summed E-state index contributed by atoms with van der Waals surface area (Å²) in [6.07, 6.45) is -0.742. The summed E-state index contributed by atoms with van der Waals surface area (Å²) >= 11 is 1.10. The van der Waals surface area contributed by atoms with Gasteiger partial charge in [-0.25, -0.2) is 9.18 Å². The Balaban J connectivity index is 1.48. The minimum Gasteiger partial charge on any atom is -0.497 e. The van der Waals surface area contributed by atoms with Crippen LogP contribution in [0.4, 0.5) is 20.6 Å². The van der Waals surface area contributed by atoms with E-state index in [-0.39, 0.29) is 24.6 Å². The molecular formula is C25H23FN2O6S. The van der Waals surface area contributed by atoms with Gasteiger partial charge in [0.1, 0.15) is 16.8 Å². The zero-order chi connectivity index (χ0) is 25.2. The largest absolute Gasteiger partial charge is 0.497 e. The molecule has 0 aliphatic heterocycles. The minimum absolute atomic E-state index is 0.0620. The summed E-state index contributed by atoms with van der Waals surface area (Å²) in [5, 5.41) is 13.8. The van der Waals surface area contributed by atoms with Crippen molar-refractivity contribution in [3.05, 3.63) is 84.2 Å². The molecule has 1 unspecified atom stereocenters. The fourth-order valence-electron chi connectivity index (χ4n) is 2.94. The fourth-order valence-corrected chi connectivity index (χ4v) is 3.88. The lowest BCUT2D eigenvalue weighted by Gasteiger charge is -2.13. The summed E-state index contributed by atoms with van der Waals surface area (Å²) in [5.41, 5.74) is 1.26. The van der Waals surface area contributed by atoms with Gasteiger partial charge in [-0.1, -0.05) is 6.07 Å². The molecule has 8 nitrogen and oxygen atoms in total. The van der Waals surface area contributed by atoms with Crippen molar-refractivity contribution in [1.29, 1.82) is 0 Å². The first-order valence-corrected chi connectivity index (χ1v) is 11.4. The van der Waals surface area contributed by atoms with E-state index in [1.165, 1.54) is 18.2 Å². The molecule has 35 heavy (non-hydrogen) atoms. The maximum Gasteiger partial charge on any atom is 0.411 e. The van der Waals surface area contributed by atoms with E-state index in [1.807, 2.05) is 0 Å². The van der Waals surface area contributed by atoms with Crippen LogP contribution in [0.15, 0.2) is 77.7 Å². The summed E-state index contributed by atoms with van der Waals surface area (Å²) in [7, 11) is 1.54. The van der Waals surface area contributed by atoms with Crippen LogP contribution in [0.1, 0.15) is 16.8 Å². The summed E-state index contributed by atoms with van der Waals surface area (Å²) in [6.45, 7) is -0.138. The van der Waals surface area contributed by atoms with E-state index in [2.05, 4.69) is 10.6 Å². The van der Waals surface area contributed by atoms with Gasteiger partial charge in [0.25, 0.3) is 5.91 Å². The number of methoxy groups -OCH3 is 1. The van der Waals surface area contributed by atoms with Crippen molar-refractivity contribution in [2.45, 2.75) is 16.6 Å². The van der Waals surface area contributed by atoms with Crippen molar-refractivity contribution >= 4 is 41.1 Å². The van der Waals surface area contributed by atoms with Crippen LogP contribution in [0.5, 0.6) is 5.75 Å². The number of thioether (sulfide) groups is 1. The SMILES string of the molecule is COc1ccc(C(=O)Nc2ccc(SC(CCOC(=O)Nc3cccc(F)c3)C(=O)O)cc2)cc1. The van der Waals surface area contributed by atoms with Gasteiger partial charge in [0.2, 0.25) is 0 Å². The Labute approximate surface area is 205 Å². The van der Waals surface area contributed by atoms with Gasteiger partial charge in [-0.3, -0.25) is 14.9 Å². The third-order valence-corrected chi connectivity index (χ3v) is 5.97. The molecule has 0 aromatic heterocycles. The van der Waals surface area contributed by atoms with Crippen LogP contribution in [-0.4, -0.2) is 42.0 Å². The second-order valence-corrected chi connectivity index (χ2v) is 8.49. The van der Waals surface area contributed by atoms with Gasteiger partial charge in [0.15, 0.2) is 0 Å². The maximum atomic E-state index is 13.2. The highest BCUT2D eigenvalue weighted by Gasteiger charge is 2.20. The second-order valence-electron chi connectivity index (χ2n) is 7.21. The van der Waals surface area contributed by atoms with Crippen LogP contribution in [0.25, 0.3) is 0 Å². The van der Waals surface area contributed by atoms with Crippen LogP contribution < -0.4 is 15.4 Å². The predicted molar refractivity (Wildman–Crippen MR) is 131 cm³/mol. The monoisotopic (exact) mass is 498 g/mol. The molecule has 0 spiro atoms. The number of benzene rings is 3. The molecular weight excluding hydrogens is 475 g/mol. The Bertz CT molecular complexity index is 1170. The Kier molecular flexibility index (Phi) is 9.08. The Morgan fingerprint density at radius 3 is 2.31 bits per heavy atom. The highest BCUT2D eigenvalue weighted by atomic mass is 32.2. The van der Waals surface area contributed by atoms with Crippen LogP contribution in [-0.2, 0) is 9.53 Å². The first-order chi connectivity index (χ1) is 16.8. The number of nitrogens with one attached hydrogen (secondary N) is 2. The van der Waals surface area contributed by atoms with Gasteiger partial charge in [-0.2, -0.15) is 0 Å². The van der Waals surface area contributed by atoms with Crippen molar-refractivity contribution in [1.82, 2.24) is 0 Å². The summed E-state index contributed by atoms with van der Waals surface area (Å²) < 4.78 is 23.3. The van der Waals surface area contributed by atoms with Crippen molar-refractivity contribution in [3.63, 3.8) is 0 Å². The first-order valence-electron chi connectivity index (χ1n) is 10.5. The maximum absolute atomic E-state index is 13.2. The van der Waals surface area contributed by atoms with Crippen LogP contribution >= 0.6 is 11.8 Å². The van der Waals surface area contributed by atoms with E-state index in [1.54, 1.807) is 55.6 Å². The number of hydrogen-bond acceptors (Lipinski definition) is 6. The van der Waals surface area contributed by atoms with Gasteiger partial charge >= 0.3 is 12.1 Å². The number of amides is 2. The molecule has 3 N–H and O–H groups in total. The lowest BCUT2D eigenvalue weighted by molar-refractivity contribution is -0.136. The van der Waals surface area contributed by atoms with E-state index < -0.39 is 23.1 Å². The standard InChI is InChI=1S/C25H23FN2O6S/c1-33-20-9-5-16(6-10-20)23(29)27-18-7-11-21(12-8-18)35-22(24(30)31)13-14-34-25(32)28-19-4-2-3-17(26)15-19/h2-12,15,22H,13-14H2,1H3,(H,27,29)(H,28,32)(H,30,31). The van der Waals surface area contributed by atoms with E-state index in [0.717, 1.165) is 17.8 Å². The van der Waals surface area contributed by atoms with E-state index in [4.69, 9.17) is 9.47 Å². The zero-order valence-corrected chi connectivity index (χ0v) is 19.5. The third-order valence-electron chi connectivity index (χ3n) is 4.70. The van der Waals surface area contributed by atoms with Gasteiger partial charge in [0.05, 0.1) is 13.7 Å². The van der Waals surface area contributed by atoms with E-state index in [0.29, 0.717) is 21.9 Å². The molecule has 0 heterocycles. The number of halogens is 1. The molecule has 0 aliphatic carbocycles. The third kappa shape index (κ3) is 8.04. The zero-order valence-electron chi connectivity index (χ0n) is 18.7. The predicted octanol–water partition coefficient (Wildman–Crippen LogP) is 5.27. The molecule has 2 amide bonds. The van der Waals surface area contributed by atoms with Crippen molar-refractivity contribution < 1.29 is 33.4 Å². The molecule has 3 aromatic carbocycles. The fraction of sp³-hybridized carbons (Fsp3) is 0.160. The quantitative estimate of drug-likeness (QED) is 0.326. The van der Waals surface area contributed by atoms with Crippen LogP contribution in [0.3, 0.4) is 0 Å². The normalized spacial score (nSPS) is 11.3. The molecule has 10 heteroatoms. The second kappa shape index (κ2) is 12.4. The number of carboxylic acid groups (broad SMARTS) is 1. The van der Waals surface area contributed by atoms with Crippen LogP contribution in [0.2, 0.25) is 0 Å². The average molecular weight is 499 g/mol. The van der Waals surface area contributed by atoms with Crippen molar-refractivity contribution in [2.75, 3.05) is 24.4 Å². The molecule has 1 atom stereocenters.